The maximum atomic E-state index is 2.67. The first-order valence-electron chi connectivity index (χ1n) is 5.31. The van der Waals surface area contributed by atoms with Crippen LogP contribution in [-0.2, 0) is 0 Å². The van der Waals surface area contributed by atoms with Crippen molar-refractivity contribution in [2.75, 3.05) is 32.8 Å². The van der Waals surface area contributed by atoms with Gasteiger partial charge in [0, 0.05) is 25.7 Å². The van der Waals surface area contributed by atoms with Crippen molar-refractivity contribution in [1.82, 2.24) is 9.80 Å². The minimum atomic E-state index is -0.901. The van der Waals surface area contributed by atoms with Crippen molar-refractivity contribution in [2.45, 2.75) is 32.6 Å². The average molecular weight is 200 g/mol. The molecule has 0 saturated carbocycles. The SMILES string of the molecule is C[C@@H]1CN(C)CCN1C[Si](C)(C)C. The van der Waals surface area contributed by atoms with Gasteiger partial charge in [0.25, 0.3) is 0 Å². The van der Waals surface area contributed by atoms with Crippen LogP contribution >= 0.6 is 0 Å². The standard InChI is InChI=1S/C10H24N2Si/c1-10-8-11(2)6-7-12(10)9-13(3,4)5/h10H,6-9H2,1-5H3/t10-/m1/s1. The molecule has 0 N–H and O–H groups in total. The topological polar surface area (TPSA) is 6.48 Å². The highest BCUT2D eigenvalue weighted by atomic mass is 28.3. The number of likely N-dealkylation sites (N-methyl/N-ethyl adjacent to an activating group) is 1. The molecule has 3 heteroatoms. The van der Waals surface area contributed by atoms with E-state index in [1.54, 1.807) is 0 Å². The molecule has 0 spiro atoms. The van der Waals surface area contributed by atoms with Crippen LogP contribution in [-0.4, -0.2) is 56.8 Å². The van der Waals surface area contributed by atoms with Gasteiger partial charge in [-0.25, -0.2) is 0 Å². The van der Waals surface area contributed by atoms with Gasteiger partial charge in [0.1, 0.15) is 0 Å². The monoisotopic (exact) mass is 200 g/mol. The number of hydrogen-bond acceptors (Lipinski definition) is 2. The van der Waals surface area contributed by atoms with Crippen molar-refractivity contribution in [1.29, 1.82) is 0 Å². The van der Waals surface area contributed by atoms with Gasteiger partial charge in [-0.15, -0.1) is 0 Å². The second-order valence-corrected chi connectivity index (χ2v) is 11.1. The lowest BCUT2D eigenvalue weighted by molar-refractivity contribution is 0.116. The molecule has 1 fully saturated rings. The summed E-state index contributed by atoms with van der Waals surface area (Å²) in [6.07, 6.45) is 1.36. The Morgan fingerprint density at radius 1 is 1.23 bits per heavy atom. The molecule has 0 aromatic carbocycles. The van der Waals surface area contributed by atoms with Crippen LogP contribution in [0.1, 0.15) is 6.92 Å². The molecule has 0 unspecified atom stereocenters. The second-order valence-electron chi connectivity index (χ2n) is 5.64. The van der Waals surface area contributed by atoms with Crippen molar-refractivity contribution in [3.05, 3.63) is 0 Å². The van der Waals surface area contributed by atoms with E-state index >= 15 is 0 Å². The van der Waals surface area contributed by atoms with E-state index in [2.05, 4.69) is 43.4 Å². The summed E-state index contributed by atoms with van der Waals surface area (Å²) in [5, 5.41) is 0. The average Bonchev–Trinajstić information content (AvgIpc) is 1.93. The second kappa shape index (κ2) is 4.11. The molecular weight excluding hydrogens is 176 g/mol. The lowest BCUT2D eigenvalue weighted by Crippen LogP contribution is -2.54. The molecule has 1 atom stereocenters. The van der Waals surface area contributed by atoms with Crippen LogP contribution in [0.2, 0.25) is 19.6 Å². The van der Waals surface area contributed by atoms with Gasteiger partial charge in [-0.05, 0) is 20.1 Å². The van der Waals surface area contributed by atoms with Crippen LogP contribution in [0.5, 0.6) is 0 Å². The Labute approximate surface area is 83.9 Å². The van der Waals surface area contributed by atoms with Gasteiger partial charge in [0.05, 0.1) is 8.07 Å². The van der Waals surface area contributed by atoms with Crippen LogP contribution in [0.3, 0.4) is 0 Å². The zero-order valence-electron chi connectivity index (χ0n) is 9.80. The summed E-state index contributed by atoms with van der Waals surface area (Å²) < 4.78 is 0. The smallest absolute Gasteiger partial charge is 0.0599 e. The van der Waals surface area contributed by atoms with Crippen molar-refractivity contribution in [2.24, 2.45) is 0 Å². The largest absolute Gasteiger partial charge is 0.304 e. The third-order valence-corrected chi connectivity index (χ3v) is 4.00. The predicted molar refractivity (Wildman–Crippen MR) is 61.9 cm³/mol. The predicted octanol–water partition coefficient (Wildman–Crippen LogP) is 1.50. The maximum absolute atomic E-state index is 2.67. The number of rotatable bonds is 2. The van der Waals surface area contributed by atoms with E-state index in [9.17, 15) is 0 Å². The molecule has 0 amide bonds. The minimum absolute atomic E-state index is 0.755. The van der Waals surface area contributed by atoms with E-state index in [-0.39, 0.29) is 0 Å². The number of hydrogen-bond donors (Lipinski definition) is 0. The molecule has 2 nitrogen and oxygen atoms in total. The van der Waals surface area contributed by atoms with Crippen molar-refractivity contribution in [3.63, 3.8) is 0 Å². The van der Waals surface area contributed by atoms with E-state index in [1.807, 2.05) is 0 Å². The first-order chi connectivity index (χ1) is 5.88. The summed E-state index contributed by atoms with van der Waals surface area (Å²) in [5.41, 5.74) is 0. The molecule has 1 rings (SSSR count). The van der Waals surface area contributed by atoms with Gasteiger partial charge < -0.3 is 9.80 Å². The van der Waals surface area contributed by atoms with Gasteiger partial charge in [-0.3, -0.25) is 0 Å². The van der Waals surface area contributed by atoms with Crippen LogP contribution in [0.15, 0.2) is 0 Å². The number of nitrogens with zero attached hydrogens (tertiary/aromatic N) is 2. The zero-order valence-corrected chi connectivity index (χ0v) is 10.8. The highest BCUT2D eigenvalue weighted by Crippen LogP contribution is 2.12. The van der Waals surface area contributed by atoms with Gasteiger partial charge in [0.15, 0.2) is 0 Å². The fraction of sp³-hybridized carbons (Fsp3) is 1.00. The molecule has 0 aliphatic carbocycles. The third kappa shape index (κ3) is 3.79. The van der Waals surface area contributed by atoms with Gasteiger partial charge >= 0.3 is 0 Å². The van der Waals surface area contributed by atoms with Crippen LogP contribution in [0, 0.1) is 0 Å². The summed E-state index contributed by atoms with van der Waals surface area (Å²) in [6.45, 7) is 13.5. The summed E-state index contributed by atoms with van der Waals surface area (Å²) in [6, 6.07) is 0.755. The van der Waals surface area contributed by atoms with Crippen LogP contribution < -0.4 is 0 Å². The molecule has 13 heavy (non-hydrogen) atoms. The normalized spacial score (nSPS) is 27.9. The maximum Gasteiger partial charge on any atom is 0.0599 e. The Balaban J connectivity index is 2.43. The van der Waals surface area contributed by atoms with Crippen LogP contribution in [0.4, 0.5) is 0 Å². The van der Waals surface area contributed by atoms with E-state index < -0.39 is 8.07 Å². The molecule has 0 radical (unpaired) electrons. The quantitative estimate of drug-likeness (QED) is 0.623. The van der Waals surface area contributed by atoms with E-state index in [1.165, 1.54) is 25.8 Å². The van der Waals surface area contributed by atoms with Crippen molar-refractivity contribution >= 4 is 8.07 Å². The Morgan fingerprint density at radius 3 is 2.31 bits per heavy atom. The van der Waals surface area contributed by atoms with E-state index in [0.29, 0.717) is 0 Å². The molecule has 0 aromatic rings. The lowest BCUT2D eigenvalue weighted by atomic mass is 10.2. The Bertz CT molecular complexity index is 165. The molecule has 0 bridgehead atoms. The highest BCUT2D eigenvalue weighted by Gasteiger charge is 2.25. The first-order valence-corrected chi connectivity index (χ1v) is 9.02. The fourth-order valence-electron chi connectivity index (χ4n) is 2.02. The molecule has 1 heterocycles. The third-order valence-electron chi connectivity index (χ3n) is 2.65. The van der Waals surface area contributed by atoms with Crippen molar-refractivity contribution < 1.29 is 0 Å². The molecule has 1 saturated heterocycles. The molecule has 0 aromatic heterocycles. The van der Waals surface area contributed by atoms with E-state index in [0.717, 1.165) is 6.04 Å². The molecule has 1 aliphatic rings. The lowest BCUT2D eigenvalue weighted by Gasteiger charge is -2.40. The highest BCUT2D eigenvalue weighted by molar-refractivity contribution is 6.76. The Hall–Kier alpha value is 0.137. The summed E-state index contributed by atoms with van der Waals surface area (Å²) in [4.78, 5) is 5.11. The summed E-state index contributed by atoms with van der Waals surface area (Å²) in [5.74, 6) is 0. The summed E-state index contributed by atoms with van der Waals surface area (Å²) in [7, 11) is 1.32. The summed E-state index contributed by atoms with van der Waals surface area (Å²) >= 11 is 0. The Morgan fingerprint density at radius 2 is 1.85 bits per heavy atom. The van der Waals surface area contributed by atoms with Crippen molar-refractivity contribution in [3.8, 4) is 0 Å². The number of piperazine rings is 1. The Kier molecular flexibility index (Phi) is 3.55. The molecular formula is C10H24N2Si. The van der Waals surface area contributed by atoms with Gasteiger partial charge in [0.2, 0.25) is 0 Å². The van der Waals surface area contributed by atoms with Gasteiger partial charge in [-0.1, -0.05) is 19.6 Å². The molecule has 1 aliphatic heterocycles. The molecule has 78 valence electrons. The van der Waals surface area contributed by atoms with E-state index in [4.69, 9.17) is 0 Å². The van der Waals surface area contributed by atoms with Crippen LogP contribution in [0.25, 0.3) is 0 Å². The fourth-order valence-corrected chi connectivity index (χ4v) is 3.71. The zero-order chi connectivity index (χ0) is 10.1. The van der Waals surface area contributed by atoms with Gasteiger partial charge in [-0.2, -0.15) is 0 Å². The minimum Gasteiger partial charge on any atom is -0.304 e. The first kappa shape index (κ1) is 11.2.